The second-order valence-corrected chi connectivity index (χ2v) is 27.3. The number of fused-ring (bicyclic) bond motifs is 17. The average molecular weight is 899 g/mol. The Morgan fingerprint density at radius 1 is 0.727 bits per heavy atom. The zero-order valence-electron chi connectivity index (χ0n) is 42.8. The monoisotopic (exact) mass is 899 g/mol. The van der Waals surface area contributed by atoms with Crippen LogP contribution < -0.4 is 9.47 Å². The van der Waals surface area contributed by atoms with Crippen molar-refractivity contribution in [2.75, 3.05) is 7.11 Å². The van der Waals surface area contributed by atoms with Crippen molar-refractivity contribution in [3.8, 4) is 11.5 Å². The molecule has 0 bridgehead atoms. The summed E-state index contributed by atoms with van der Waals surface area (Å²) in [4.78, 5) is 41.6. The fraction of sp³-hybridized carbons (Fsp3) is 0.712. The van der Waals surface area contributed by atoms with Gasteiger partial charge >= 0.3 is 11.8 Å². The molecule has 0 saturated heterocycles. The first-order chi connectivity index (χ1) is 30.5. The third-order valence-electron chi connectivity index (χ3n) is 23.9. The number of hydrogen-bond donors (Lipinski definition) is 1. The van der Waals surface area contributed by atoms with E-state index in [9.17, 15) is 19.5 Å². The van der Waals surface area contributed by atoms with Gasteiger partial charge in [0.1, 0.15) is 5.78 Å². The fourth-order valence-corrected chi connectivity index (χ4v) is 18.8. The van der Waals surface area contributed by atoms with Gasteiger partial charge in [0.05, 0.1) is 12.5 Å². The molecule has 1 aliphatic heterocycles. The number of hydrogen-bond acceptors (Lipinski definition) is 7. The highest BCUT2D eigenvalue weighted by molar-refractivity contribution is 6.02. The van der Waals surface area contributed by atoms with Crippen molar-refractivity contribution in [2.45, 2.75) is 190 Å². The molecule has 1 aromatic carbocycles. The van der Waals surface area contributed by atoms with Gasteiger partial charge in [-0.05, 0) is 177 Å². The molecule has 10 aliphatic rings. The van der Waals surface area contributed by atoms with Crippen molar-refractivity contribution in [3.05, 3.63) is 63.8 Å². The number of methoxy groups -OCH3 is 1. The van der Waals surface area contributed by atoms with E-state index < -0.39 is 28.0 Å². The standard InChI is InChI=1S/C59H78O7/c1-34-35-15-17-40-52(7,23-27-57(12)43-32-51(6,47(62)64-14)20-19-49(43,4)21-25-54(40,57)9)37(35)29-39-46(34)66-58(13)36-16-18-41-53(8,38(36)30-44(60)59(58,63)65-39)24-28-56(11)42-31-48(2,3)45(61)33-50(42,5)22-26-55(41,56)10/h15-18,29-30,40,42-43,63H,19-28,31-33H2,1-14H3/t40-,42+,43+,49+,50-,51+,52-,53-,54+,55+,56-,57-,58-,59+/m0/s1. The lowest BCUT2D eigenvalue weighted by atomic mass is 9.33. The van der Waals surface area contributed by atoms with Crippen molar-refractivity contribution in [2.24, 2.45) is 66.5 Å². The highest BCUT2D eigenvalue weighted by Gasteiger charge is 2.72. The van der Waals surface area contributed by atoms with Gasteiger partial charge in [-0.2, -0.15) is 0 Å². The first kappa shape index (κ1) is 45.0. The van der Waals surface area contributed by atoms with E-state index in [1.54, 1.807) is 6.08 Å². The minimum atomic E-state index is -2.26. The number of ether oxygens (including phenoxy) is 3. The van der Waals surface area contributed by atoms with Crippen LogP contribution in [0.4, 0.5) is 0 Å². The maximum atomic E-state index is 14.9. The van der Waals surface area contributed by atoms with E-state index in [-0.39, 0.29) is 55.2 Å². The molecule has 66 heavy (non-hydrogen) atoms. The van der Waals surface area contributed by atoms with Crippen LogP contribution in [0, 0.1) is 73.4 Å². The van der Waals surface area contributed by atoms with Crippen LogP contribution in [0.1, 0.15) is 183 Å². The molecule has 6 saturated carbocycles. The van der Waals surface area contributed by atoms with Crippen molar-refractivity contribution in [1.82, 2.24) is 0 Å². The number of esters is 1. The van der Waals surface area contributed by atoms with Crippen molar-refractivity contribution in [1.29, 1.82) is 0 Å². The van der Waals surface area contributed by atoms with Crippen LogP contribution in [-0.2, 0) is 24.5 Å². The van der Waals surface area contributed by atoms with Crippen molar-refractivity contribution < 1.29 is 33.7 Å². The summed E-state index contributed by atoms with van der Waals surface area (Å²) in [7, 11) is 1.54. The third-order valence-corrected chi connectivity index (χ3v) is 23.9. The van der Waals surface area contributed by atoms with Crippen LogP contribution in [0.3, 0.4) is 0 Å². The van der Waals surface area contributed by atoms with Gasteiger partial charge in [0.2, 0.25) is 11.4 Å². The molecule has 7 heteroatoms. The Morgan fingerprint density at radius 2 is 1.38 bits per heavy atom. The van der Waals surface area contributed by atoms with Gasteiger partial charge in [0.25, 0.3) is 0 Å². The predicted octanol–water partition coefficient (Wildman–Crippen LogP) is 12.7. The van der Waals surface area contributed by atoms with Gasteiger partial charge in [-0.3, -0.25) is 14.4 Å². The third kappa shape index (κ3) is 4.98. The molecule has 6 fully saturated rings. The van der Waals surface area contributed by atoms with E-state index in [4.69, 9.17) is 14.2 Å². The number of allylic oxidation sites excluding steroid dienone is 4. The minimum Gasteiger partial charge on any atom is -0.471 e. The van der Waals surface area contributed by atoms with E-state index >= 15 is 0 Å². The van der Waals surface area contributed by atoms with Crippen molar-refractivity contribution in [3.63, 3.8) is 0 Å². The van der Waals surface area contributed by atoms with E-state index in [1.807, 2.05) is 6.92 Å². The normalized spacial score (nSPS) is 50.2. The highest BCUT2D eigenvalue weighted by Crippen LogP contribution is 2.78. The number of ketones is 2. The fourth-order valence-electron chi connectivity index (χ4n) is 18.8. The van der Waals surface area contributed by atoms with Gasteiger partial charge in [-0.1, -0.05) is 99.1 Å². The van der Waals surface area contributed by atoms with Gasteiger partial charge in [0, 0.05) is 33.8 Å². The number of aliphatic hydroxyl groups is 1. The zero-order chi connectivity index (χ0) is 47.6. The summed E-state index contributed by atoms with van der Waals surface area (Å²) in [6, 6.07) is 2.11. The second-order valence-electron chi connectivity index (χ2n) is 27.3. The summed E-state index contributed by atoms with van der Waals surface area (Å²) < 4.78 is 19.5. The second kappa shape index (κ2) is 12.8. The van der Waals surface area contributed by atoms with E-state index in [2.05, 4.69) is 113 Å². The molecule has 0 aromatic heterocycles. The molecule has 356 valence electrons. The Balaban J connectivity index is 0.960. The average Bonchev–Trinajstić information content (AvgIpc) is 3.25. The Labute approximate surface area is 395 Å². The lowest BCUT2D eigenvalue weighted by Crippen LogP contribution is -2.70. The lowest BCUT2D eigenvalue weighted by Gasteiger charge is -2.71. The van der Waals surface area contributed by atoms with Gasteiger partial charge in [-0.15, -0.1) is 0 Å². The molecule has 7 nitrogen and oxygen atoms in total. The Kier molecular flexibility index (Phi) is 8.76. The van der Waals surface area contributed by atoms with Crippen molar-refractivity contribution >= 4 is 23.6 Å². The topological polar surface area (TPSA) is 99.1 Å². The smallest absolute Gasteiger partial charge is 0.317 e. The molecular weight excluding hydrogens is 821 g/mol. The SMILES string of the molecule is COC(=O)[C@]1(C)CC[C@]2(C)CC[C@]3(C)[C@H]4C=Cc5c(cc6c(c5C)O[C@@]5(C)C7=CC=C8[C@@](C)(CC[C@@]9(C)[C@@H]%10CC(C)(C)C(=O)C[C@]%10(C)CC[C@]89C)C7=CC(=O)[C@@]5(O)O6)[C@]4(C)CC[C@@]3(C)[C@@H]2C1. The van der Waals surface area contributed by atoms with Gasteiger partial charge in [-0.25, -0.2) is 0 Å². The molecular formula is C59H78O7. The van der Waals surface area contributed by atoms with E-state index in [0.717, 1.165) is 99.3 Å². The summed E-state index contributed by atoms with van der Waals surface area (Å²) in [6.45, 7) is 30.1. The molecule has 0 spiro atoms. The van der Waals surface area contributed by atoms with Gasteiger partial charge in [0.15, 0.2) is 11.5 Å². The number of rotatable bonds is 1. The van der Waals surface area contributed by atoms with Crippen LogP contribution in [-0.4, -0.2) is 41.1 Å². The largest absolute Gasteiger partial charge is 0.471 e. The minimum absolute atomic E-state index is 0.0119. The van der Waals surface area contributed by atoms with E-state index in [0.29, 0.717) is 35.5 Å². The number of carbonyl (C=O) groups excluding carboxylic acids is 3. The molecule has 1 N–H and O–H groups in total. The summed E-state index contributed by atoms with van der Waals surface area (Å²) >= 11 is 0. The highest BCUT2D eigenvalue weighted by atomic mass is 16.7. The maximum absolute atomic E-state index is 14.9. The predicted molar refractivity (Wildman–Crippen MR) is 258 cm³/mol. The maximum Gasteiger partial charge on any atom is 0.317 e. The number of Topliss-reactive ketones (excluding diaryl/α,β-unsaturated/α-hetero) is 1. The molecule has 1 aromatic rings. The molecule has 0 amide bonds. The molecule has 1 heterocycles. The Bertz CT molecular complexity index is 2580. The first-order valence-electron chi connectivity index (χ1n) is 25.8. The summed E-state index contributed by atoms with van der Waals surface area (Å²) in [5.74, 6) is -0.336. The van der Waals surface area contributed by atoms with Crippen LogP contribution in [0.15, 0.2) is 47.1 Å². The quantitative estimate of drug-likeness (QED) is 0.280. The molecule has 9 aliphatic carbocycles. The number of benzene rings is 1. The van der Waals surface area contributed by atoms with Crippen LogP contribution in [0.5, 0.6) is 11.5 Å². The summed E-state index contributed by atoms with van der Waals surface area (Å²) in [5, 5.41) is 12.9. The Hall–Kier alpha value is -3.45. The van der Waals surface area contributed by atoms with Gasteiger partial charge < -0.3 is 19.3 Å². The van der Waals surface area contributed by atoms with Crippen LogP contribution in [0.2, 0.25) is 0 Å². The summed E-state index contributed by atoms with van der Waals surface area (Å²) in [5.41, 5.74) is 3.46. The molecule has 14 atom stereocenters. The van der Waals surface area contributed by atoms with Crippen LogP contribution in [0.25, 0.3) is 6.08 Å². The van der Waals surface area contributed by atoms with Crippen LogP contribution >= 0.6 is 0 Å². The first-order valence-corrected chi connectivity index (χ1v) is 25.8. The Morgan fingerprint density at radius 3 is 2.09 bits per heavy atom. The number of carbonyl (C=O) groups is 3. The lowest BCUT2D eigenvalue weighted by molar-refractivity contribution is -0.231. The molecule has 0 radical (unpaired) electrons. The van der Waals surface area contributed by atoms with E-state index in [1.165, 1.54) is 18.2 Å². The molecule has 0 unspecified atom stereocenters. The zero-order valence-corrected chi connectivity index (χ0v) is 42.8. The molecule has 11 rings (SSSR count). The summed E-state index contributed by atoms with van der Waals surface area (Å²) in [6.07, 6.45) is 23.5.